The smallest absolute Gasteiger partial charge is 0.252 e. The molecule has 0 aliphatic heterocycles. The van der Waals surface area contributed by atoms with Crippen molar-refractivity contribution >= 4 is 28.5 Å². The average molecular weight is 472 g/mol. The number of halogens is 1. The molecular formula is C25H22ClN7O. The average Bonchev–Trinajstić information content (AvgIpc) is 3.50. The van der Waals surface area contributed by atoms with Crippen LogP contribution in [-0.2, 0) is 0 Å². The molecule has 1 atom stereocenters. The van der Waals surface area contributed by atoms with E-state index in [9.17, 15) is 4.79 Å². The minimum Gasteiger partial charge on any atom is -0.351 e. The summed E-state index contributed by atoms with van der Waals surface area (Å²) < 4.78 is 1.72. The van der Waals surface area contributed by atoms with Crippen molar-refractivity contribution in [3.8, 4) is 5.69 Å². The van der Waals surface area contributed by atoms with E-state index >= 15 is 0 Å². The number of amides is 1. The van der Waals surface area contributed by atoms with E-state index in [-0.39, 0.29) is 11.8 Å². The topological polar surface area (TPSA) is 101 Å². The highest BCUT2D eigenvalue weighted by Crippen LogP contribution is 2.26. The summed E-state index contributed by atoms with van der Waals surface area (Å²) in [6.07, 6.45) is 6.66. The lowest BCUT2D eigenvalue weighted by Gasteiger charge is -2.16. The van der Waals surface area contributed by atoms with Crippen molar-refractivity contribution in [3.05, 3.63) is 101 Å². The minimum atomic E-state index is -0.267. The third kappa shape index (κ3) is 4.27. The number of nitrogens with one attached hydrogen (secondary N) is 2. The number of pyridine rings is 1. The first kappa shape index (κ1) is 21.8. The van der Waals surface area contributed by atoms with Gasteiger partial charge in [0.1, 0.15) is 18.5 Å². The van der Waals surface area contributed by atoms with Gasteiger partial charge in [-0.2, -0.15) is 0 Å². The Labute approximate surface area is 201 Å². The summed E-state index contributed by atoms with van der Waals surface area (Å²) >= 11 is 6.43. The molecule has 0 unspecified atom stereocenters. The van der Waals surface area contributed by atoms with E-state index in [1.165, 1.54) is 11.1 Å². The van der Waals surface area contributed by atoms with Gasteiger partial charge in [-0.25, -0.2) is 4.98 Å². The van der Waals surface area contributed by atoms with Gasteiger partial charge in [-0.15, -0.1) is 10.2 Å². The highest BCUT2D eigenvalue weighted by atomic mass is 35.5. The van der Waals surface area contributed by atoms with Crippen LogP contribution in [0.1, 0.15) is 38.8 Å². The Morgan fingerprint density at radius 2 is 1.91 bits per heavy atom. The molecule has 0 bridgehead atoms. The van der Waals surface area contributed by atoms with Crippen molar-refractivity contribution in [1.29, 1.82) is 0 Å². The van der Waals surface area contributed by atoms with Crippen LogP contribution in [0.5, 0.6) is 0 Å². The second kappa shape index (κ2) is 9.07. The van der Waals surface area contributed by atoms with Crippen LogP contribution in [0, 0.1) is 13.8 Å². The van der Waals surface area contributed by atoms with Crippen molar-refractivity contribution < 1.29 is 4.79 Å². The van der Waals surface area contributed by atoms with Crippen LogP contribution in [0.15, 0.2) is 67.5 Å². The Hall–Kier alpha value is -4.04. The maximum atomic E-state index is 13.0. The van der Waals surface area contributed by atoms with Crippen LogP contribution < -0.4 is 5.32 Å². The number of benzene rings is 2. The Kier molecular flexibility index (Phi) is 5.81. The summed E-state index contributed by atoms with van der Waals surface area (Å²) in [5, 5.41) is 10.9. The van der Waals surface area contributed by atoms with Crippen LogP contribution >= 0.6 is 11.6 Å². The van der Waals surface area contributed by atoms with Gasteiger partial charge in [-0.05, 0) is 66.9 Å². The lowest BCUT2D eigenvalue weighted by atomic mass is 10.00. The van der Waals surface area contributed by atoms with E-state index in [0.717, 1.165) is 28.1 Å². The third-order valence-electron chi connectivity index (χ3n) is 5.91. The van der Waals surface area contributed by atoms with Crippen LogP contribution in [0.2, 0.25) is 5.02 Å². The number of H-pyrrole nitrogens is 1. The third-order valence-corrected chi connectivity index (χ3v) is 6.23. The predicted octanol–water partition coefficient (Wildman–Crippen LogP) is 4.37. The number of carbonyl (C=O) groups excluding carboxylic acids is 1. The maximum absolute atomic E-state index is 13.0. The molecule has 170 valence electrons. The molecule has 5 aromatic rings. The largest absolute Gasteiger partial charge is 0.351 e. The van der Waals surface area contributed by atoms with E-state index in [0.29, 0.717) is 17.1 Å². The van der Waals surface area contributed by atoms with Crippen molar-refractivity contribution in [2.24, 2.45) is 0 Å². The number of hydrogen-bond donors (Lipinski definition) is 2. The SMILES string of the molecule is Cc1cc2nc([C@@H](CNC(=O)c3ccc(-n4cnnc4)cc3Cl)c3cccnc3)[nH]c2cc1C. The van der Waals surface area contributed by atoms with E-state index in [1.807, 2.05) is 12.1 Å². The highest BCUT2D eigenvalue weighted by Gasteiger charge is 2.21. The second-order valence-electron chi connectivity index (χ2n) is 8.16. The number of aryl methyl sites for hydroxylation is 2. The fourth-order valence-electron chi connectivity index (χ4n) is 3.88. The quantitative estimate of drug-likeness (QED) is 0.383. The Morgan fingerprint density at radius 1 is 1.12 bits per heavy atom. The van der Waals surface area contributed by atoms with Gasteiger partial charge in [0, 0.05) is 24.6 Å². The Bertz CT molecular complexity index is 1420. The molecular weight excluding hydrogens is 450 g/mol. The first-order valence-electron chi connectivity index (χ1n) is 10.8. The normalized spacial score (nSPS) is 12.1. The molecule has 34 heavy (non-hydrogen) atoms. The van der Waals surface area contributed by atoms with Crippen LogP contribution in [0.3, 0.4) is 0 Å². The van der Waals surface area contributed by atoms with Crippen LogP contribution in [-0.4, -0.2) is 42.2 Å². The summed E-state index contributed by atoms with van der Waals surface area (Å²) in [5.41, 5.74) is 6.34. The van der Waals surface area contributed by atoms with E-state index in [1.54, 1.807) is 47.8 Å². The molecule has 2 N–H and O–H groups in total. The number of nitrogens with zero attached hydrogens (tertiary/aromatic N) is 5. The second-order valence-corrected chi connectivity index (χ2v) is 8.57. The fraction of sp³-hybridized carbons (Fsp3) is 0.160. The number of fused-ring (bicyclic) bond motifs is 1. The van der Waals surface area contributed by atoms with Crippen molar-refractivity contribution in [3.63, 3.8) is 0 Å². The van der Waals surface area contributed by atoms with E-state index in [2.05, 4.69) is 51.5 Å². The van der Waals surface area contributed by atoms with Crippen LogP contribution in [0.4, 0.5) is 0 Å². The molecule has 0 spiro atoms. The fourth-order valence-corrected chi connectivity index (χ4v) is 4.14. The first-order valence-corrected chi connectivity index (χ1v) is 11.2. The summed E-state index contributed by atoms with van der Waals surface area (Å²) in [6, 6.07) is 13.2. The zero-order chi connectivity index (χ0) is 23.7. The van der Waals surface area contributed by atoms with Gasteiger partial charge in [0.2, 0.25) is 0 Å². The van der Waals surface area contributed by atoms with E-state index < -0.39 is 0 Å². The molecule has 0 fully saturated rings. The molecule has 0 aliphatic rings. The maximum Gasteiger partial charge on any atom is 0.252 e. The molecule has 2 aromatic carbocycles. The lowest BCUT2D eigenvalue weighted by molar-refractivity contribution is 0.0952. The number of aromatic amines is 1. The van der Waals surface area contributed by atoms with Gasteiger partial charge < -0.3 is 10.3 Å². The Balaban J connectivity index is 1.41. The molecule has 0 radical (unpaired) electrons. The molecule has 0 saturated carbocycles. The number of aromatic nitrogens is 6. The van der Waals surface area contributed by atoms with Crippen molar-refractivity contribution in [2.45, 2.75) is 19.8 Å². The van der Waals surface area contributed by atoms with Crippen molar-refractivity contribution in [2.75, 3.05) is 6.54 Å². The zero-order valence-corrected chi connectivity index (χ0v) is 19.4. The minimum absolute atomic E-state index is 0.208. The number of carbonyl (C=O) groups is 1. The van der Waals surface area contributed by atoms with Gasteiger partial charge in [0.25, 0.3) is 5.91 Å². The zero-order valence-electron chi connectivity index (χ0n) is 18.7. The lowest BCUT2D eigenvalue weighted by Crippen LogP contribution is -2.29. The molecule has 3 aromatic heterocycles. The summed E-state index contributed by atoms with van der Waals surface area (Å²) in [5.74, 6) is 0.292. The first-order chi connectivity index (χ1) is 16.5. The molecule has 0 aliphatic carbocycles. The molecule has 0 saturated heterocycles. The van der Waals surface area contributed by atoms with Crippen LogP contribution in [0.25, 0.3) is 16.7 Å². The van der Waals surface area contributed by atoms with Gasteiger partial charge in [0.15, 0.2) is 0 Å². The standard InChI is InChI=1S/C25H22ClN7O/c1-15-8-22-23(9-16(15)2)32-24(31-22)20(17-4-3-7-27-11-17)12-28-25(34)19-6-5-18(10-21(19)26)33-13-29-30-14-33/h3-11,13-14,20H,12H2,1-2H3,(H,28,34)(H,31,32)/t20-/m0/s1. The van der Waals surface area contributed by atoms with Crippen molar-refractivity contribution in [1.82, 2.24) is 35.0 Å². The molecule has 9 heteroatoms. The number of imidazole rings is 1. The molecule has 3 heterocycles. The summed E-state index contributed by atoms with van der Waals surface area (Å²) in [6.45, 7) is 4.47. The number of hydrogen-bond acceptors (Lipinski definition) is 5. The molecule has 1 amide bonds. The van der Waals surface area contributed by atoms with Gasteiger partial charge in [0.05, 0.1) is 27.5 Å². The van der Waals surface area contributed by atoms with E-state index in [4.69, 9.17) is 16.6 Å². The van der Waals surface area contributed by atoms with Gasteiger partial charge >= 0.3 is 0 Å². The summed E-state index contributed by atoms with van der Waals surface area (Å²) in [4.78, 5) is 25.5. The monoisotopic (exact) mass is 471 g/mol. The predicted molar refractivity (Wildman–Crippen MR) is 130 cm³/mol. The number of rotatable bonds is 6. The summed E-state index contributed by atoms with van der Waals surface area (Å²) in [7, 11) is 0. The highest BCUT2D eigenvalue weighted by molar-refractivity contribution is 6.34. The Morgan fingerprint density at radius 3 is 2.65 bits per heavy atom. The molecule has 5 rings (SSSR count). The van der Waals surface area contributed by atoms with Gasteiger partial charge in [-0.3, -0.25) is 14.3 Å². The van der Waals surface area contributed by atoms with Gasteiger partial charge in [-0.1, -0.05) is 17.7 Å². The molecule has 8 nitrogen and oxygen atoms in total.